The fourth-order valence-electron chi connectivity index (χ4n) is 7.29. The third-order valence-corrected chi connectivity index (χ3v) is 9.58. The molecule has 4 heterocycles. The second kappa shape index (κ2) is 11.5. The van der Waals surface area contributed by atoms with Crippen molar-refractivity contribution in [2.75, 3.05) is 56.2 Å². The number of nitriles is 1. The van der Waals surface area contributed by atoms with Crippen LogP contribution in [0.5, 0.6) is 5.88 Å². The first-order chi connectivity index (χ1) is 20.7. The molecule has 1 aromatic heterocycles. The van der Waals surface area contributed by atoms with Crippen molar-refractivity contribution in [3.05, 3.63) is 71.4 Å². The fourth-order valence-corrected chi connectivity index (χ4v) is 7.29. The number of carbonyl (C=O) groups is 1. The predicted molar refractivity (Wildman–Crippen MR) is 172 cm³/mol. The van der Waals surface area contributed by atoms with E-state index in [1.807, 2.05) is 4.90 Å². The summed E-state index contributed by atoms with van der Waals surface area (Å²) in [6, 6.07) is 15.8. The van der Waals surface area contributed by atoms with Crippen LogP contribution in [-0.4, -0.2) is 78.7 Å². The highest BCUT2D eigenvalue weighted by Crippen LogP contribution is 2.40. The van der Waals surface area contributed by atoms with Crippen LogP contribution in [-0.2, 0) is 17.8 Å². The molecule has 0 unspecified atom stereocenters. The molecule has 1 atom stereocenters. The summed E-state index contributed by atoms with van der Waals surface area (Å²) in [5.74, 6) is 0.363. The van der Waals surface area contributed by atoms with E-state index in [9.17, 15) is 10.1 Å². The van der Waals surface area contributed by atoms with E-state index >= 15 is 0 Å². The zero-order chi connectivity index (χ0) is 30.3. The number of aryl methyl sites for hydroxylation is 1. The van der Waals surface area contributed by atoms with Crippen LogP contribution in [0.1, 0.15) is 49.1 Å². The number of amides is 1. The van der Waals surface area contributed by atoms with Crippen molar-refractivity contribution in [2.24, 2.45) is 0 Å². The Morgan fingerprint density at radius 2 is 1.95 bits per heavy atom. The zero-order valence-corrected chi connectivity index (χ0v) is 25.9. The first-order valence-corrected chi connectivity index (χ1v) is 15.4. The molecule has 3 aliphatic rings. The lowest BCUT2D eigenvalue weighted by Crippen LogP contribution is -2.61. The minimum atomic E-state index is -0.429. The summed E-state index contributed by atoms with van der Waals surface area (Å²) >= 11 is 0. The first kappa shape index (κ1) is 29.0. The Kier molecular flexibility index (Phi) is 7.78. The summed E-state index contributed by atoms with van der Waals surface area (Å²) in [5.41, 5.74) is 5.55. The number of ether oxygens (including phenoxy) is 1. The number of likely N-dealkylation sites (N-methyl/N-ethyl adjacent to an activating group) is 1. The molecule has 2 saturated heterocycles. The highest BCUT2D eigenvalue weighted by Gasteiger charge is 2.39. The molecule has 8 heteroatoms. The van der Waals surface area contributed by atoms with Crippen molar-refractivity contribution >= 4 is 28.1 Å². The molecular weight excluding hydrogens is 536 g/mol. The molecule has 224 valence electrons. The average molecular weight is 579 g/mol. The van der Waals surface area contributed by atoms with Gasteiger partial charge in [-0.3, -0.25) is 4.79 Å². The number of fused-ring (bicyclic) bond motifs is 2. The average Bonchev–Trinajstić information content (AvgIpc) is 3.42. The summed E-state index contributed by atoms with van der Waals surface area (Å²) in [5, 5.41) is 13.1. The fraction of sp³-hybridized carbons (Fsp3) is 0.457. The Morgan fingerprint density at radius 1 is 1.16 bits per heavy atom. The number of nitrogens with zero attached hydrogens (tertiary/aromatic N) is 6. The minimum Gasteiger partial charge on any atom is -0.475 e. The lowest BCUT2D eigenvalue weighted by atomic mass is 9.93. The summed E-state index contributed by atoms with van der Waals surface area (Å²) in [6.45, 7) is 14.9. The number of pyridine rings is 1. The van der Waals surface area contributed by atoms with Crippen molar-refractivity contribution in [3.8, 4) is 11.9 Å². The highest BCUT2D eigenvalue weighted by atomic mass is 16.5. The van der Waals surface area contributed by atoms with E-state index in [0.29, 0.717) is 50.3 Å². The van der Waals surface area contributed by atoms with Gasteiger partial charge in [-0.25, -0.2) is 4.98 Å². The number of hydrogen-bond donors (Lipinski definition) is 0. The van der Waals surface area contributed by atoms with Gasteiger partial charge in [0.15, 0.2) is 0 Å². The summed E-state index contributed by atoms with van der Waals surface area (Å²) in [6.07, 6.45) is 4.40. The number of rotatable bonds is 6. The van der Waals surface area contributed by atoms with E-state index in [2.05, 4.69) is 91.6 Å². The third kappa shape index (κ3) is 5.31. The number of aromatic nitrogens is 1. The Balaban J connectivity index is 1.41. The molecule has 0 radical (unpaired) electrons. The molecule has 0 spiro atoms. The van der Waals surface area contributed by atoms with E-state index < -0.39 is 5.54 Å². The standard InChI is InChI=1S/C35H42N6O2/c1-6-31(42)41-19-18-40(23-35(41,3)4)33-27-15-17-39(30-14-8-12-25-11-7-10-24(2)32(25)30)21-29(27)37-34(28(33)20-36)43-22-26-13-9-16-38(26)5/h6-8,10-12,14,26H,1,9,13,15-19,21-23H2,2-5H3/t26-/m0/s1. The van der Waals surface area contributed by atoms with Gasteiger partial charge in [0.2, 0.25) is 11.8 Å². The van der Waals surface area contributed by atoms with Crippen molar-refractivity contribution in [3.63, 3.8) is 0 Å². The Hall–Kier alpha value is -4.09. The van der Waals surface area contributed by atoms with Gasteiger partial charge in [0.1, 0.15) is 18.2 Å². The molecule has 2 fully saturated rings. The Bertz CT molecular complexity index is 1600. The third-order valence-electron chi connectivity index (χ3n) is 9.58. The number of anilines is 2. The van der Waals surface area contributed by atoms with Crippen LogP contribution >= 0.6 is 0 Å². The van der Waals surface area contributed by atoms with Gasteiger partial charge in [-0.15, -0.1) is 0 Å². The van der Waals surface area contributed by atoms with Crippen molar-refractivity contribution < 1.29 is 9.53 Å². The number of piperazine rings is 1. The molecule has 0 N–H and O–H groups in total. The van der Waals surface area contributed by atoms with Crippen molar-refractivity contribution in [1.29, 1.82) is 5.26 Å². The molecule has 0 aliphatic carbocycles. The summed E-state index contributed by atoms with van der Waals surface area (Å²) < 4.78 is 6.44. The first-order valence-electron chi connectivity index (χ1n) is 15.4. The quantitative estimate of drug-likeness (QED) is 0.379. The van der Waals surface area contributed by atoms with E-state index in [0.717, 1.165) is 49.3 Å². The van der Waals surface area contributed by atoms with Gasteiger partial charge in [0.05, 0.1) is 23.5 Å². The van der Waals surface area contributed by atoms with Crippen LogP contribution in [0.25, 0.3) is 10.8 Å². The second-order valence-corrected chi connectivity index (χ2v) is 12.8. The zero-order valence-electron chi connectivity index (χ0n) is 25.9. The molecule has 2 aromatic carbocycles. The van der Waals surface area contributed by atoms with Crippen LogP contribution in [0.2, 0.25) is 0 Å². The van der Waals surface area contributed by atoms with E-state index in [4.69, 9.17) is 9.72 Å². The number of carbonyl (C=O) groups excluding carboxylic acids is 1. The maximum absolute atomic E-state index is 12.7. The van der Waals surface area contributed by atoms with Crippen molar-refractivity contribution in [1.82, 2.24) is 14.8 Å². The number of benzene rings is 2. The summed E-state index contributed by atoms with van der Waals surface area (Å²) in [4.78, 5) is 26.7. The van der Waals surface area contributed by atoms with Crippen LogP contribution < -0.4 is 14.5 Å². The normalized spacial score (nSPS) is 20.2. The molecule has 6 rings (SSSR count). The van der Waals surface area contributed by atoms with E-state index in [1.54, 1.807) is 0 Å². The minimum absolute atomic E-state index is 0.0624. The summed E-state index contributed by atoms with van der Waals surface area (Å²) in [7, 11) is 2.13. The molecule has 1 amide bonds. The van der Waals surface area contributed by atoms with Crippen LogP contribution in [0, 0.1) is 18.3 Å². The molecule has 0 saturated carbocycles. The Morgan fingerprint density at radius 3 is 2.65 bits per heavy atom. The lowest BCUT2D eigenvalue weighted by Gasteiger charge is -2.48. The maximum atomic E-state index is 12.7. The maximum Gasteiger partial charge on any atom is 0.246 e. The van der Waals surface area contributed by atoms with Crippen LogP contribution in [0.4, 0.5) is 11.4 Å². The predicted octanol–water partition coefficient (Wildman–Crippen LogP) is 5.06. The van der Waals surface area contributed by atoms with Gasteiger partial charge in [-0.05, 0) is 76.7 Å². The Labute approximate surface area is 255 Å². The molecule has 43 heavy (non-hydrogen) atoms. The molecule has 8 nitrogen and oxygen atoms in total. The van der Waals surface area contributed by atoms with E-state index in [-0.39, 0.29) is 5.91 Å². The highest BCUT2D eigenvalue weighted by molar-refractivity contribution is 5.97. The molecule has 3 aliphatic heterocycles. The van der Waals surface area contributed by atoms with E-state index in [1.165, 1.54) is 28.1 Å². The number of likely N-dealkylation sites (tertiary alicyclic amines) is 1. The van der Waals surface area contributed by atoms with Gasteiger partial charge in [-0.2, -0.15) is 5.26 Å². The van der Waals surface area contributed by atoms with Crippen LogP contribution in [0.3, 0.4) is 0 Å². The molecular formula is C35H42N6O2. The largest absolute Gasteiger partial charge is 0.475 e. The molecule has 0 bridgehead atoms. The number of hydrogen-bond acceptors (Lipinski definition) is 7. The van der Waals surface area contributed by atoms with Gasteiger partial charge >= 0.3 is 0 Å². The van der Waals surface area contributed by atoms with Gasteiger partial charge in [-0.1, -0.05) is 36.9 Å². The van der Waals surface area contributed by atoms with Crippen LogP contribution in [0.15, 0.2) is 49.1 Å². The topological polar surface area (TPSA) is 75.9 Å². The van der Waals surface area contributed by atoms with Gasteiger partial charge in [0, 0.05) is 48.9 Å². The van der Waals surface area contributed by atoms with Gasteiger partial charge in [0.25, 0.3) is 0 Å². The molecule has 3 aromatic rings. The van der Waals surface area contributed by atoms with Gasteiger partial charge < -0.3 is 24.3 Å². The smallest absolute Gasteiger partial charge is 0.246 e. The second-order valence-electron chi connectivity index (χ2n) is 12.8. The SMILES string of the molecule is C=CC(=O)N1CCN(c2c(C#N)c(OC[C@@H]3CCCN3C)nc3c2CCN(c2cccc4cccc(C)c24)C3)CC1(C)C. The monoisotopic (exact) mass is 578 g/mol. The lowest BCUT2D eigenvalue weighted by molar-refractivity contribution is -0.131. The van der Waals surface area contributed by atoms with Crippen molar-refractivity contribution in [2.45, 2.75) is 58.2 Å².